The fourth-order valence-corrected chi connectivity index (χ4v) is 3.03. The molecule has 1 saturated heterocycles. The molecule has 2 aromatic rings. The molecule has 5 nitrogen and oxygen atoms in total. The number of hydrogen-bond acceptors (Lipinski definition) is 4. The Kier molecular flexibility index (Phi) is 5.66. The van der Waals surface area contributed by atoms with Crippen LogP contribution in [0.1, 0.15) is 18.4 Å². The third-order valence-corrected chi connectivity index (χ3v) is 4.28. The van der Waals surface area contributed by atoms with Crippen molar-refractivity contribution in [1.82, 2.24) is 14.7 Å². The van der Waals surface area contributed by atoms with Gasteiger partial charge in [-0.25, -0.2) is 0 Å². The van der Waals surface area contributed by atoms with E-state index in [1.165, 1.54) is 18.4 Å². The first kappa shape index (κ1) is 16.0. The van der Waals surface area contributed by atoms with Crippen molar-refractivity contribution in [2.24, 2.45) is 0 Å². The summed E-state index contributed by atoms with van der Waals surface area (Å²) in [5.41, 5.74) is 1.26. The molecule has 0 aliphatic carbocycles. The van der Waals surface area contributed by atoms with Crippen LogP contribution in [0.25, 0.3) is 0 Å². The highest BCUT2D eigenvalue weighted by Gasteiger charge is 2.25. The van der Waals surface area contributed by atoms with Crippen molar-refractivity contribution < 1.29 is 9.47 Å². The molecule has 0 N–H and O–H groups in total. The van der Waals surface area contributed by atoms with E-state index in [1.54, 1.807) is 7.11 Å². The van der Waals surface area contributed by atoms with Gasteiger partial charge in [-0.2, -0.15) is 5.10 Å². The van der Waals surface area contributed by atoms with Gasteiger partial charge in [0.25, 0.3) is 0 Å². The highest BCUT2D eigenvalue weighted by molar-refractivity contribution is 5.21. The van der Waals surface area contributed by atoms with Gasteiger partial charge < -0.3 is 9.47 Å². The van der Waals surface area contributed by atoms with Crippen LogP contribution < -0.4 is 4.74 Å². The number of benzene rings is 1. The van der Waals surface area contributed by atoms with E-state index in [9.17, 15) is 0 Å². The van der Waals surface area contributed by atoms with Crippen LogP contribution in [0.4, 0.5) is 0 Å². The standard InChI is InChI=1S/C18H25N3O2/c1-22-11-10-21-14-16(12-19-21)13-20-9-5-6-17(20)15-23-18-7-3-2-4-8-18/h2-4,7-8,12,14,17H,5-6,9-11,13,15H2,1H3/t17-/m0/s1. The van der Waals surface area contributed by atoms with Crippen molar-refractivity contribution >= 4 is 0 Å². The molecule has 0 amide bonds. The molecule has 0 spiro atoms. The van der Waals surface area contributed by atoms with Crippen molar-refractivity contribution in [3.05, 3.63) is 48.3 Å². The first-order chi connectivity index (χ1) is 11.3. The van der Waals surface area contributed by atoms with Gasteiger partial charge in [-0.1, -0.05) is 18.2 Å². The molecule has 124 valence electrons. The maximum absolute atomic E-state index is 5.94. The third-order valence-electron chi connectivity index (χ3n) is 4.28. The number of methoxy groups -OCH3 is 1. The maximum Gasteiger partial charge on any atom is 0.119 e. The molecule has 23 heavy (non-hydrogen) atoms. The first-order valence-corrected chi connectivity index (χ1v) is 8.27. The van der Waals surface area contributed by atoms with E-state index in [1.807, 2.05) is 41.2 Å². The summed E-state index contributed by atoms with van der Waals surface area (Å²) in [7, 11) is 1.71. The zero-order valence-electron chi connectivity index (χ0n) is 13.7. The lowest BCUT2D eigenvalue weighted by molar-refractivity contribution is 0.167. The van der Waals surface area contributed by atoms with Crippen LogP contribution in [0.3, 0.4) is 0 Å². The predicted molar refractivity (Wildman–Crippen MR) is 89.5 cm³/mol. The van der Waals surface area contributed by atoms with Crippen molar-refractivity contribution in [2.45, 2.75) is 32.0 Å². The van der Waals surface area contributed by atoms with Gasteiger partial charge in [0.05, 0.1) is 19.3 Å². The molecule has 0 bridgehead atoms. The van der Waals surface area contributed by atoms with Gasteiger partial charge in [-0.05, 0) is 31.5 Å². The van der Waals surface area contributed by atoms with Crippen LogP contribution in [0, 0.1) is 0 Å². The van der Waals surface area contributed by atoms with Crippen LogP contribution >= 0.6 is 0 Å². The number of ether oxygens (including phenoxy) is 2. The quantitative estimate of drug-likeness (QED) is 0.750. The molecule has 5 heteroatoms. The van der Waals surface area contributed by atoms with Gasteiger partial charge in [-0.3, -0.25) is 9.58 Å². The molecule has 0 saturated carbocycles. The molecular weight excluding hydrogens is 290 g/mol. The highest BCUT2D eigenvalue weighted by atomic mass is 16.5. The van der Waals surface area contributed by atoms with Gasteiger partial charge in [0.1, 0.15) is 12.4 Å². The summed E-state index contributed by atoms with van der Waals surface area (Å²) in [5, 5.41) is 4.39. The minimum absolute atomic E-state index is 0.484. The van der Waals surface area contributed by atoms with E-state index in [4.69, 9.17) is 9.47 Å². The van der Waals surface area contributed by atoms with Crippen LogP contribution in [0.2, 0.25) is 0 Å². The Labute approximate surface area is 137 Å². The summed E-state index contributed by atoms with van der Waals surface area (Å²) in [6.45, 7) is 4.32. The number of rotatable bonds is 8. The summed E-state index contributed by atoms with van der Waals surface area (Å²) >= 11 is 0. The van der Waals surface area contributed by atoms with Gasteiger partial charge in [0.15, 0.2) is 0 Å². The Hall–Kier alpha value is -1.85. The highest BCUT2D eigenvalue weighted by Crippen LogP contribution is 2.21. The monoisotopic (exact) mass is 315 g/mol. The fraction of sp³-hybridized carbons (Fsp3) is 0.500. The van der Waals surface area contributed by atoms with Crippen LogP contribution in [0.5, 0.6) is 5.75 Å². The Balaban J connectivity index is 1.51. The Bertz CT molecular complexity index is 585. The minimum Gasteiger partial charge on any atom is -0.492 e. The van der Waals surface area contributed by atoms with E-state index in [-0.39, 0.29) is 0 Å². The summed E-state index contributed by atoms with van der Waals surface area (Å²) in [4.78, 5) is 2.50. The zero-order valence-corrected chi connectivity index (χ0v) is 13.7. The molecule has 0 unspecified atom stereocenters. The second-order valence-corrected chi connectivity index (χ2v) is 6.00. The fourth-order valence-electron chi connectivity index (χ4n) is 3.03. The first-order valence-electron chi connectivity index (χ1n) is 8.27. The Morgan fingerprint density at radius 3 is 2.96 bits per heavy atom. The molecule has 1 atom stereocenters. The van der Waals surface area contributed by atoms with E-state index < -0.39 is 0 Å². The maximum atomic E-state index is 5.94. The second-order valence-electron chi connectivity index (χ2n) is 6.00. The topological polar surface area (TPSA) is 39.5 Å². The molecule has 1 aliphatic rings. The molecule has 0 radical (unpaired) electrons. The van der Waals surface area contributed by atoms with Crippen molar-refractivity contribution in [3.8, 4) is 5.75 Å². The summed E-state index contributed by atoms with van der Waals surface area (Å²) in [6.07, 6.45) is 6.51. The van der Waals surface area contributed by atoms with E-state index >= 15 is 0 Å². The average molecular weight is 315 g/mol. The minimum atomic E-state index is 0.484. The van der Waals surface area contributed by atoms with Crippen LogP contribution in [-0.4, -0.2) is 47.6 Å². The number of para-hydroxylation sites is 1. The van der Waals surface area contributed by atoms with E-state index in [0.717, 1.165) is 32.0 Å². The van der Waals surface area contributed by atoms with Crippen molar-refractivity contribution in [1.29, 1.82) is 0 Å². The van der Waals surface area contributed by atoms with Gasteiger partial charge in [0, 0.05) is 31.5 Å². The molecule has 1 aliphatic heterocycles. The summed E-state index contributed by atoms with van der Waals surface area (Å²) in [6, 6.07) is 10.5. The van der Waals surface area contributed by atoms with Gasteiger partial charge in [-0.15, -0.1) is 0 Å². The molecule has 3 rings (SSSR count). The predicted octanol–water partition coefficient (Wildman–Crippen LogP) is 2.57. The van der Waals surface area contributed by atoms with Crippen molar-refractivity contribution in [2.75, 3.05) is 26.9 Å². The SMILES string of the molecule is COCCn1cc(CN2CCC[C@H]2COc2ccccc2)cn1. The summed E-state index contributed by atoms with van der Waals surface area (Å²) < 4.78 is 13.0. The lowest BCUT2D eigenvalue weighted by Crippen LogP contribution is -2.33. The van der Waals surface area contributed by atoms with Crippen molar-refractivity contribution in [3.63, 3.8) is 0 Å². The van der Waals surface area contributed by atoms with Crippen LogP contribution in [0.15, 0.2) is 42.7 Å². The zero-order chi connectivity index (χ0) is 15.9. The molecular formula is C18H25N3O2. The molecule has 1 aromatic carbocycles. The second kappa shape index (κ2) is 8.13. The average Bonchev–Trinajstić information content (AvgIpc) is 3.22. The smallest absolute Gasteiger partial charge is 0.119 e. The number of nitrogens with zero attached hydrogens (tertiary/aromatic N) is 3. The normalized spacial score (nSPS) is 18.4. The summed E-state index contributed by atoms with van der Waals surface area (Å²) in [5.74, 6) is 0.951. The number of hydrogen-bond donors (Lipinski definition) is 0. The van der Waals surface area contributed by atoms with Gasteiger partial charge >= 0.3 is 0 Å². The number of likely N-dealkylation sites (tertiary alicyclic amines) is 1. The lowest BCUT2D eigenvalue weighted by atomic mass is 10.2. The molecule has 1 fully saturated rings. The molecule has 2 heterocycles. The van der Waals surface area contributed by atoms with E-state index in [2.05, 4.69) is 16.2 Å². The Morgan fingerprint density at radius 1 is 1.26 bits per heavy atom. The van der Waals surface area contributed by atoms with E-state index in [0.29, 0.717) is 12.6 Å². The Morgan fingerprint density at radius 2 is 2.13 bits per heavy atom. The third kappa shape index (κ3) is 4.56. The molecule has 1 aromatic heterocycles. The lowest BCUT2D eigenvalue weighted by Gasteiger charge is -2.24. The number of aromatic nitrogens is 2. The van der Waals surface area contributed by atoms with Crippen LogP contribution in [-0.2, 0) is 17.8 Å². The van der Waals surface area contributed by atoms with Gasteiger partial charge in [0.2, 0.25) is 0 Å². The largest absolute Gasteiger partial charge is 0.492 e.